The quantitative estimate of drug-likeness (QED) is 0.157. The predicted octanol–water partition coefficient (Wildman–Crippen LogP) is 10.5. The zero-order valence-electron chi connectivity index (χ0n) is 24.3. The molecule has 0 spiro atoms. The lowest BCUT2D eigenvalue weighted by molar-refractivity contribution is 0.0469. The van der Waals surface area contributed by atoms with Gasteiger partial charge in [-0.25, -0.2) is 0 Å². The van der Waals surface area contributed by atoms with Gasteiger partial charge in [0.05, 0.1) is 22.3 Å². The molecule has 14 rings (SSSR count). The highest BCUT2D eigenvalue weighted by molar-refractivity contribution is 6.42. The predicted molar refractivity (Wildman–Crippen MR) is 177 cm³/mol. The summed E-state index contributed by atoms with van der Waals surface area (Å²) in [7, 11) is 0. The van der Waals surface area contributed by atoms with Crippen LogP contribution in [0.25, 0.3) is 0 Å². The van der Waals surface area contributed by atoms with E-state index in [-0.39, 0.29) is 24.0 Å². The van der Waals surface area contributed by atoms with E-state index in [9.17, 15) is 0 Å². The molecule has 45 heavy (non-hydrogen) atoms. The monoisotopic (exact) mass is 618 g/mol. The molecule has 216 valence electrons. The number of hydrogen-bond donors (Lipinski definition) is 0. The van der Waals surface area contributed by atoms with Crippen LogP contribution in [0, 0.1) is 23.7 Å². The molecule has 5 aromatic carbocycles. The topological polar surface area (TPSA) is 9.23 Å². The molecule has 0 saturated carbocycles. The zero-order valence-corrected chi connectivity index (χ0v) is 25.8. The first kappa shape index (κ1) is 24.6. The third-order valence-corrected chi connectivity index (χ3v) is 13.7. The number of benzene rings is 5. The van der Waals surface area contributed by atoms with Crippen molar-refractivity contribution in [1.82, 2.24) is 0 Å². The van der Waals surface area contributed by atoms with Gasteiger partial charge >= 0.3 is 0 Å². The van der Waals surface area contributed by atoms with E-state index >= 15 is 0 Å². The van der Waals surface area contributed by atoms with E-state index in [4.69, 9.17) is 27.9 Å². The molecule has 1 fully saturated rings. The van der Waals surface area contributed by atoms with Gasteiger partial charge in [-0.2, -0.15) is 0 Å². The van der Waals surface area contributed by atoms with Crippen molar-refractivity contribution in [2.24, 2.45) is 23.7 Å². The Hall–Kier alpha value is -3.62. The third kappa shape index (κ3) is 2.70. The maximum Gasteiger partial charge on any atom is 0.0875 e. The minimum Gasteiger partial charge on any atom is -0.365 e. The van der Waals surface area contributed by atoms with Crippen molar-refractivity contribution < 1.29 is 4.74 Å². The van der Waals surface area contributed by atoms with Gasteiger partial charge in [-0.1, -0.05) is 131 Å². The van der Waals surface area contributed by atoms with Crippen molar-refractivity contribution in [1.29, 1.82) is 0 Å². The summed E-state index contributed by atoms with van der Waals surface area (Å²) >= 11 is 13.4. The number of ether oxygens (including phenoxy) is 1. The van der Waals surface area contributed by atoms with E-state index in [1.165, 1.54) is 55.6 Å². The molecular weight excluding hydrogens is 591 g/mol. The molecular formula is C42H28Cl2O. The summed E-state index contributed by atoms with van der Waals surface area (Å²) in [5, 5.41) is 1.27. The van der Waals surface area contributed by atoms with Gasteiger partial charge in [-0.15, -0.1) is 0 Å². The number of halogens is 2. The molecule has 0 N–H and O–H groups in total. The number of hydrogen-bond acceptors (Lipinski definition) is 1. The fourth-order valence-corrected chi connectivity index (χ4v) is 12.2. The molecule has 0 radical (unpaired) electrons. The van der Waals surface area contributed by atoms with Crippen LogP contribution in [0.2, 0.25) is 10.0 Å². The Morgan fingerprint density at radius 3 is 1.04 bits per heavy atom. The normalized spacial score (nSPS) is 34.3. The maximum atomic E-state index is 7.22. The number of fused-ring (bicyclic) bond motifs is 8. The Kier molecular flexibility index (Phi) is 4.48. The molecule has 6 atom stereocenters. The van der Waals surface area contributed by atoms with E-state index in [0.717, 1.165) is 0 Å². The van der Waals surface area contributed by atoms with Crippen LogP contribution in [0.4, 0.5) is 0 Å². The summed E-state index contributed by atoms with van der Waals surface area (Å²) in [6.45, 7) is 0. The molecule has 1 nitrogen and oxygen atoms in total. The Labute approximate surface area is 272 Å². The van der Waals surface area contributed by atoms with Crippen LogP contribution < -0.4 is 0 Å². The third-order valence-electron chi connectivity index (χ3n) is 13.0. The number of rotatable bonds is 0. The Balaban J connectivity index is 1.23. The van der Waals surface area contributed by atoms with E-state index in [1.54, 1.807) is 11.1 Å². The smallest absolute Gasteiger partial charge is 0.0875 e. The summed E-state index contributed by atoms with van der Waals surface area (Å²) in [5.41, 5.74) is 18.1. The molecule has 0 aromatic heterocycles. The molecule has 1 saturated heterocycles. The van der Waals surface area contributed by atoms with Crippen molar-refractivity contribution in [3.63, 3.8) is 0 Å². The molecule has 5 aromatic rings. The maximum absolute atomic E-state index is 7.22. The molecule has 0 amide bonds. The average molecular weight is 620 g/mol. The lowest BCUT2D eigenvalue weighted by Crippen LogP contribution is -2.52. The van der Waals surface area contributed by atoms with Gasteiger partial charge in [-0.05, 0) is 79.6 Å². The van der Waals surface area contributed by atoms with Gasteiger partial charge < -0.3 is 4.74 Å². The van der Waals surface area contributed by atoms with Crippen LogP contribution in [-0.2, 0) is 4.74 Å². The second kappa shape index (κ2) is 8.20. The molecule has 3 heteroatoms. The second-order valence-electron chi connectivity index (χ2n) is 14.3. The number of allylic oxidation sites excluding steroid dienone is 2. The fraction of sp³-hybridized carbons (Fsp3) is 0.238. The Morgan fingerprint density at radius 1 is 0.400 bits per heavy atom. The highest BCUT2D eigenvalue weighted by atomic mass is 35.5. The van der Waals surface area contributed by atoms with E-state index in [0.29, 0.717) is 45.6 Å². The van der Waals surface area contributed by atoms with Crippen LogP contribution in [0.1, 0.15) is 91.5 Å². The lowest BCUT2D eigenvalue weighted by Gasteiger charge is -2.61. The fourth-order valence-electron chi connectivity index (χ4n) is 11.9. The van der Waals surface area contributed by atoms with Crippen LogP contribution in [0.5, 0.6) is 0 Å². The van der Waals surface area contributed by atoms with Crippen molar-refractivity contribution in [2.75, 3.05) is 0 Å². The summed E-state index contributed by atoms with van der Waals surface area (Å²) in [5.74, 6) is 2.69. The molecule has 2 aliphatic heterocycles. The molecule has 7 aliphatic carbocycles. The van der Waals surface area contributed by atoms with Gasteiger partial charge in [0.2, 0.25) is 0 Å². The Bertz CT molecular complexity index is 1960. The van der Waals surface area contributed by atoms with Gasteiger partial charge in [0.1, 0.15) is 0 Å². The first-order chi connectivity index (χ1) is 22.2. The largest absolute Gasteiger partial charge is 0.365 e. The van der Waals surface area contributed by atoms with Gasteiger partial charge in [-0.3, -0.25) is 0 Å². The van der Waals surface area contributed by atoms with E-state index in [2.05, 4.69) is 109 Å². The Morgan fingerprint density at radius 2 is 0.711 bits per heavy atom. The minimum atomic E-state index is 0.0240. The summed E-state index contributed by atoms with van der Waals surface area (Å²) < 4.78 is 7.22. The van der Waals surface area contributed by atoms with Gasteiger partial charge in [0.25, 0.3) is 0 Å². The highest BCUT2D eigenvalue weighted by Gasteiger charge is 2.68. The van der Waals surface area contributed by atoms with Gasteiger partial charge in [0, 0.05) is 35.5 Å². The minimum absolute atomic E-state index is 0.0240. The summed E-state index contributed by atoms with van der Waals surface area (Å²) in [6.07, 6.45) is 0.0480. The van der Waals surface area contributed by atoms with Crippen molar-refractivity contribution in [3.8, 4) is 0 Å². The van der Waals surface area contributed by atoms with Crippen LogP contribution in [-0.4, -0.2) is 0 Å². The van der Waals surface area contributed by atoms with Crippen molar-refractivity contribution in [2.45, 2.75) is 35.9 Å². The van der Waals surface area contributed by atoms with E-state index in [1.807, 2.05) is 0 Å². The van der Waals surface area contributed by atoms with Crippen LogP contribution >= 0.6 is 23.2 Å². The highest BCUT2D eigenvalue weighted by Crippen LogP contribution is 2.77. The van der Waals surface area contributed by atoms with Crippen LogP contribution in [0.3, 0.4) is 0 Å². The lowest BCUT2D eigenvalue weighted by atomic mass is 9.41. The average Bonchev–Trinajstić information content (AvgIpc) is 3.65. The molecule has 6 bridgehead atoms. The first-order valence-corrected chi connectivity index (χ1v) is 17.2. The SMILES string of the molecule is Clc1cc2c(cc1Cl)[C@H]1O[C@H]2[C@H]2[C@H]1[C@@H]1C(=C3C4c5ccccc5C(c5ccccc54)[C@@H]32)C2c3ccccc3C1c1ccccc12. The summed E-state index contributed by atoms with van der Waals surface area (Å²) in [6, 6.07) is 41.6. The molecule has 9 aliphatic rings. The van der Waals surface area contributed by atoms with E-state index < -0.39 is 0 Å². The van der Waals surface area contributed by atoms with Crippen LogP contribution in [0.15, 0.2) is 120 Å². The second-order valence-corrected chi connectivity index (χ2v) is 15.1. The zero-order chi connectivity index (χ0) is 29.3. The molecule has 2 heterocycles. The summed E-state index contributed by atoms with van der Waals surface area (Å²) in [4.78, 5) is 0. The van der Waals surface area contributed by atoms with Crippen molar-refractivity contribution in [3.05, 3.63) is 186 Å². The standard InChI is InChI=1S/C42H28Cl2O/c43-29-17-27-28(18-30(29)44)42-40-38-34-25-15-7-3-11-21(25)32(22-12-4-8-16-26(22)34)36(38)35-31-19-9-1-5-13-23(19)33(24-14-6-2-10-20(24)31)37(35)39(40)41(27)45-42/h1-18,31-34,37-42H/t31?,32?,33?,34?,37-,38-,39+,40+,41+,42+/m0/s1. The van der Waals surface area contributed by atoms with Gasteiger partial charge in [0.15, 0.2) is 0 Å². The van der Waals surface area contributed by atoms with Crippen molar-refractivity contribution >= 4 is 23.2 Å². The first-order valence-electron chi connectivity index (χ1n) is 16.4. The molecule has 0 unspecified atom stereocenters.